The lowest BCUT2D eigenvalue weighted by Crippen LogP contribution is -2.43. The van der Waals surface area contributed by atoms with Gasteiger partial charge in [0.2, 0.25) is 5.91 Å². The van der Waals surface area contributed by atoms with E-state index in [9.17, 15) is 9.59 Å². The highest BCUT2D eigenvalue weighted by Gasteiger charge is 2.24. The number of anilines is 2. The van der Waals surface area contributed by atoms with Crippen LogP contribution < -0.4 is 16.0 Å². The minimum Gasteiger partial charge on any atom is -0.329 e. The fourth-order valence-corrected chi connectivity index (χ4v) is 3.16. The Kier molecular flexibility index (Phi) is 5.12. The first-order valence-corrected chi connectivity index (χ1v) is 8.98. The van der Waals surface area contributed by atoms with Crippen LogP contribution in [0.3, 0.4) is 0 Å². The van der Waals surface area contributed by atoms with Crippen LogP contribution in [0, 0.1) is 0 Å². The van der Waals surface area contributed by atoms with Gasteiger partial charge in [0.25, 0.3) is 0 Å². The second-order valence-corrected chi connectivity index (χ2v) is 7.57. The van der Waals surface area contributed by atoms with E-state index in [-0.39, 0.29) is 11.9 Å². The van der Waals surface area contributed by atoms with Gasteiger partial charge in [0.1, 0.15) is 0 Å². The standard InChI is InChI=1S/C19H19Cl2N3O2/c1-19(2,12-4-6-14(20)15(21)10-12)24-18(26)22-13-5-7-16-11(9-13)3-8-17(25)23-16/h4-7,9-10H,3,8H2,1-2H3,(H,23,25)(H2,22,24,26). The fourth-order valence-electron chi connectivity index (χ4n) is 2.86. The summed E-state index contributed by atoms with van der Waals surface area (Å²) < 4.78 is 0. The van der Waals surface area contributed by atoms with Crippen molar-refractivity contribution in [2.45, 2.75) is 32.2 Å². The molecule has 0 atom stereocenters. The number of fused-ring (bicyclic) bond motifs is 1. The molecule has 136 valence electrons. The van der Waals surface area contributed by atoms with Crippen molar-refractivity contribution in [3.8, 4) is 0 Å². The van der Waals surface area contributed by atoms with Crippen molar-refractivity contribution in [2.24, 2.45) is 0 Å². The summed E-state index contributed by atoms with van der Waals surface area (Å²) in [6.07, 6.45) is 1.11. The molecule has 0 saturated carbocycles. The van der Waals surface area contributed by atoms with Gasteiger partial charge in [-0.1, -0.05) is 29.3 Å². The van der Waals surface area contributed by atoms with Gasteiger partial charge in [-0.2, -0.15) is 0 Å². The normalized spacial score (nSPS) is 13.6. The topological polar surface area (TPSA) is 70.2 Å². The molecule has 7 heteroatoms. The highest BCUT2D eigenvalue weighted by atomic mass is 35.5. The van der Waals surface area contributed by atoms with E-state index in [4.69, 9.17) is 23.2 Å². The van der Waals surface area contributed by atoms with Crippen molar-refractivity contribution < 1.29 is 9.59 Å². The lowest BCUT2D eigenvalue weighted by Gasteiger charge is -2.27. The predicted molar refractivity (Wildman–Crippen MR) is 105 cm³/mol. The average molecular weight is 392 g/mol. The Labute approximate surface area is 162 Å². The number of carbonyl (C=O) groups excluding carboxylic acids is 2. The van der Waals surface area contributed by atoms with Gasteiger partial charge in [-0.15, -0.1) is 0 Å². The molecule has 0 radical (unpaired) electrons. The molecule has 1 heterocycles. The molecule has 0 unspecified atom stereocenters. The lowest BCUT2D eigenvalue weighted by atomic mass is 9.94. The van der Waals surface area contributed by atoms with Crippen LogP contribution in [0.1, 0.15) is 31.4 Å². The van der Waals surface area contributed by atoms with Crippen LogP contribution in [0.5, 0.6) is 0 Å². The van der Waals surface area contributed by atoms with Gasteiger partial charge in [0.15, 0.2) is 0 Å². The number of hydrogen-bond donors (Lipinski definition) is 3. The van der Waals surface area contributed by atoms with Crippen molar-refractivity contribution in [1.29, 1.82) is 0 Å². The number of urea groups is 1. The van der Waals surface area contributed by atoms with E-state index in [1.54, 1.807) is 24.3 Å². The molecule has 0 bridgehead atoms. The number of nitrogens with one attached hydrogen (secondary N) is 3. The highest BCUT2D eigenvalue weighted by Crippen LogP contribution is 2.29. The molecule has 0 saturated heterocycles. The lowest BCUT2D eigenvalue weighted by molar-refractivity contribution is -0.116. The van der Waals surface area contributed by atoms with E-state index in [1.807, 2.05) is 26.0 Å². The Morgan fingerprint density at radius 1 is 1.08 bits per heavy atom. The van der Waals surface area contributed by atoms with Crippen molar-refractivity contribution in [1.82, 2.24) is 5.32 Å². The largest absolute Gasteiger partial charge is 0.329 e. The van der Waals surface area contributed by atoms with E-state index >= 15 is 0 Å². The zero-order valence-electron chi connectivity index (χ0n) is 14.5. The SMILES string of the molecule is CC(C)(NC(=O)Nc1ccc2c(c1)CCC(=O)N2)c1ccc(Cl)c(Cl)c1. The van der Waals surface area contributed by atoms with Gasteiger partial charge in [0, 0.05) is 17.8 Å². The van der Waals surface area contributed by atoms with Crippen LogP contribution in [0.4, 0.5) is 16.2 Å². The molecule has 2 aromatic rings. The number of amides is 3. The first-order chi connectivity index (χ1) is 12.2. The zero-order chi connectivity index (χ0) is 18.9. The van der Waals surface area contributed by atoms with Crippen molar-refractivity contribution >= 4 is 46.5 Å². The van der Waals surface area contributed by atoms with Gasteiger partial charge in [-0.25, -0.2) is 4.79 Å². The van der Waals surface area contributed by atoms with Crippen molar-refractivity contribution in [2.75, 3.05) is 10.6 Å². The Morgan fingerprint density at radius 2 is 1.85 bits per heavy atom. The molecule has 3 amide bonds. The third-order valence-electron chi connectivity index (χ3n) is 4.33. The minimum atomic E-state index is -0.638. The minimum absolute atomic E-state index is 0.0133. The number of hydrogen-bond acceptors (Lipinski definition) is 2. The van der Waals surface area contributed by atoms with E-state index < -0.39 is 5.54 Å². The molecule has 0 spiro atoms. The number of halogens is 2. The molecule has 3 N–H and O–H groups in total. The molecule has 1 aliphatic heterocycles. The molecule has 5 nitrogen and oxygen atoms in total. The van der Waals surface area contributed by atoms with E-state index in [0.29, 0.717) is 28.6 Å². The first kappa shape index (κ1) is 18.5. The summed E-state index contributed by atoms with van der Waals surface area (Å²) in [5, 5.41) is 9.50. The molecule has 1 aliphatic rings. The number of benzene rings is 2. The van der Waals surface area contributed by atoms with Crippen LogP contribution in [-0.4, -0.2) is 11.9 Å². The van der Waals surface area contributed by atoms with Gasteiger partial charge in [0.05, 0.1) is 15.6 Å². The second-order valence-electron chi connectivity index (χ2n) is 6.75. The molecule has 26 heavy (non-hydrogen) atoms. The van der Waals surface area contributed by atoms with Crippen LogP contribution in [0.15, 0.2) is 36.4 Å². The maximum Gasteiger partial charge on any atom is 0.319 e. The molecule has 2 aromatic carbocycles. The summed E-state index contributed by atoms with van der Waals surface area (Å²) in [7, 11) is 0. The summed E-state index contributed by atoms with van der Waals surface area (Å²) in [6.45, 7) is 3.77. The molecule has 0 aromatic heterocycles. The predicted octanol–water partition coefficient (Wildman–Crippen LogP) is 4.93. The number of rotatable bonds is 3. The van der Waals surface area contributed by atoms with Gasteiger partial charge in [-0.3, -0.25) is 4.79 Å². The van der Waals surface area contributed by atoms with Gasteiger partial charge < -0.3 is 16.0 Å². The number of aryl methyl sites for hydroxylation is 1. The Balaban J connectivity index is 1.70. The Bertz CT molecular complexity index is 881. The highest BCUT2D eigenvalue weighted by molar-refractivity contribution is 6.42. The van der Waals surface area contributed by atoms with E-state index in [0.717, 1.165) is 16.8 Å². The number of carbonyl (C=O) groups is 2. The maximum absolute atomic E-state index is 12.4. The molecule has 0 aliphatic carbocycles. The summed E-state index contributed by atoms with van der Waals surface area (Å²) in [5.41, 5.74) is 2.67. The zero-order valence-corrected chi connectivity index (χ0v) is 16.0. The quantitative estimate of drug-likeness (QED) is 0.693. The first-order valence-electron chi connectivity index (χ1n) is 8.22. The third kappa shape index (κ3) is 4.11. The summed E-state index contributed by atoms with van der Waals surface area (Å²) in [4.78, 5) is 23.8. The average Bonchev–Trinajstić information content (AvgIpc) is 2.56. The smallest absolute Gasteiger partial charge is 0.319 e. The Hall–Kier alpha value is -2.24. The fraction of sp³-hybridized carbons (Fsp3) is 0.263. The second kappa shape index (κ2) is 7.17. The Morgan fingerprint density at radius 3 is 2.58 bits per heavy atom. The molecular formula is C19H19Cl2N3O2. The van der Waals surface area contributed by atoms with E-state index in [1.165, 1.54) is 0 Å². The van der Waals surface area contributed by atoms with Crippen LogP contribution in [-0.2, 0) is 16.8 Å². The summed E-state index contributed by atoms with van der Waals surface area (Å²) >= 11 is 12.0. The van der Waals surface area contributed by atoms with Crippen LogP contribution in [0.25, 0.3) is 0 Å². The monoisotopic (exact) mass is 391 g/mol. The molecule has 3 rings (SSSR count). The summed E-state index contributed by atoms with van der Waals surface area (Å²) in [6, 6.07) is 10.4. The van der Waals surface area contributed by atoms with Crippen LogP contribution >= 0.6 is 23.2 Å². The third-order valence-corrected chi connectivity index (χ3v) is 5.06. The van der Waals surface area contributed by atoms with Crippen molar-refractivity contribution in [3.05, 3.63) is 57.6 Å². The van der Waals surface area contributed by atoms with Gasteiger partial charge >= 0.3 is 6.03 Å². The summed E-state index contributed by atoms with van der Waals surface area (Å²) in [5.74, 6) is 0.0133. The van der Waals surface area contributed by atoms with Crippen molar-refractivity contribution in [3.63, 3.8) is 0 Å². The van der Waals surface area contributed by atoms with E-state index in [2.05, 4.69) is 16.0 Å². The maximum atomic E-state index is 12.4. The van der Waals surface area contributed by atoms with Crippen LogP contribution in [0.2, 0.25) is 10.0 Å². The molecule has 0 fully saturated rings. The van der Waals surface area contributed by atoms with Gasteiger partial charge in [-0.05, 0) is 61.7 Å². The molecular weight excluding hydrogens is 373 g/mol.